The fourth-order valence-electron chi connectivity index (χ4n) is 2.08. The molecule has 0 aliphatic carbocycles. The van der Waals surface area contributed by atoms with E-state index in [2.05, 4.69) is 10.3 Å². The zero-order valence-electron chi connectivity index (χ0n) is 10.4. The number of fused-ring (bicyclic) bond motifs is 1. The minimum Gasteiger partial charge on any atom is -0.381 e. The number of anilines is 1. The Bertz CT molecular complexity index is 747. The van der Waals surface area contributed by atoms with E-state index in [0.29, 0.717) is 6.54 Å². The molecule has 0 spiro atoms. The lowest BCUT2D eigenvalue weighted by molar-refractivity contribution is 1.09. The summed E-state index contributed by atoms with van der Waals surface area (Å²) in [6, 6.07) is 19.6. The topological polar surface area (TPSA) is 44.9 Å². The third-order valence-corrected chi connectivity index (χ3v) is 3.09. The van der Waals surface area contributed by atoms with E-state index in [1.54, 1.807) is 0 Å². The predicted octanol–water partition coefficient (Wildman–Crippen LogP) is 3.14. The van der Waals surface area contributed by atoms with Crippen LogP contribution in [0.25, 0.3) is 10.9 Å². The summed E-state index contributed by atoms with van der Waals surface area (Å²) in [5.41, 5.74) is 2.58. The molecule has 1 aromatic heterocycles. The first kappa shape index (κ1) is 11.5. The second-order valence-corrected chi connectivity index (χ2v) is 4.43. The average Bonchev–Trinajstić information content (AvgIpc) is 2.46. The van der Waals surface area contributed by atoms with E-state index in [1.165, 1.54) is 0 Å². The number of aromatic amines is 1. The van der Waals surface area contributed by atoms with Crippen LogP contribution in [0.4, 0.5) is 5.69 Å². The van der Waals surface area contributed by atoms with E-state index in [9.17, 15) is 4.79 Å². The van der Waals surface area contributed by atoms with Crippen LogP contribution in [-0.4, -0.2) is 4.98 Å². The lowest BCUT2D eigenvalue weighted by Crippen LogP contribution is -2.15. The number of H-pyrrole nitrogens is 1. The number of aromatic nitrogens is 1. The molecule has 0 saturated carbocycles. The molecule has 0 radical (unpaired) electrons. The normalized spacial score (nSPS) is 10.5. The van der Waals surface area contributed by atoms with Crippen LogP contribution in [-0.2, 0) is 6.54 Å². The van der Waals surface area contributed by atoms with Gasteiger partial charge in [0.2, 0.25) is 0 Å². The van der Waals surface area contributed by atoms with E-state index in [-0.39, 0.29) is 5.56 Å². The van der Waals surface area contributed by atoms with Crippen molar-refractivity contribution in [3.05, 3.63) is 76.6 Å². The van der Waals surface area contributed by atoms with Gasteiger partial charge in [-0.05, 0) is 29.7 Å². The van der Waals surface area contributed by atoms with E-state index in [4.69, 9.17) is 0 Å². The largest absolute Gasteiger partial charge is 0.381 e. The van der Waals surface area contributed by atoms with E-state index in [0.717, 1.165) is 22.2 Å². The Kier molecular flexibility index (Phi) is 3.02. The molecule has 0 saturated heterocycles. The van der Waals surface area contributed by atoms with Gasteiger partial charge in [0.25, 0.3) is 5.56 Å². The molecule has 19 heavy (non-hydrogen) atoms. The standard InChI is InChI=1S/C16H14N2O/c19-16-13(11-17-14-7-2-1-3-8-14)10-12-6-4-5-9-15(12)18-16/h1-10,17H,11H2,(H,18,19). The zero-order valence-corrected chi connectivity index (χ0v) is 10.4. The van der Waals surface area contributed by atoms with Crippen LogP contribution in [0.2, 0.25) is 0 Å². The Morgan fingerprint density at radius 3 is 2.53 bits per heavy atom. The molecule has 0 atom stereocenters. The van der Waals surface area contributed by atoms with Gasteiger partial charge in [0.15, 0.2) is 0 Å². The van der Waals surface area contributed by atoms with E-state index in [1.807, 2.05) is 60.7 Å². The van der Waals surface area contributed by atoms with Crippen LogP contribution in [0.3, 0.4) is 0 Å². The lowest BCUT2D eigenvalue weighted by atomic mass is 10.1. The summed E-state index contributed by atoms with van der Waals surface area (Å²) in [5, 5.41) is 4.29. The summed E-state index contributed by atoms with van der Waals surface area (Å²) < 4.78 is 0. The molecule has 3 rings (SSSR count). The maximum atomic E-state index is 12.0. The Labute approximate surface area is 110 Å². The van der Waals surface area contributed by atoms with Crippen LogP contribution in [0.5, 0.6) is 0 Å². The maximum Gasteiger partial charge on any atom is 0.253 e. The van der Waals surface area contributed by atoms with Gasteiger partial charge in [-0.3, -0.25) is 4.79 Å². The predicted molar refractivity (Wildman–Crippen MR) is 78.3 cm³/mol. The van der Waals surface area contributed by atoms with Crippen molar-refractivity contribution in [1.82, 2.24) is 4.98 Å². The molecule has 3 nitrogen and oxygen atoms in total. The third-order valence-electron chi connectivity index (χ3n) is 3.09. The number of benzene rings is 2. The van der Waals surface area contributed by atoms with Gasteiger partial charge in [-0.2, -0.15) is 0 Å². The van der Waals surface area contributed by atoms with Gasteiger partial charge in [0, 0.05) is 23.3 Å². The molecule has 2 N–H and O–H groups in total. The minimum absolute atomic E-state index is 0.0397. The van der Waals surface area contributed by atoms with Crippen molar-refractivity contribution in [3.8, 4) is 0 Å². The SMILES string of the molecule is O=c1[nH]c2ccccc2cc1CNc1ccccc1. The highest BCUT2D eigenvalue weighted by Gasteiger charge is 2.02. The zero-order chi connectivity index (χ0) is 13.1. The molecule has 0 unspecified atom stereocenters. The smallest absolute Gasteiger partial charge is 0.253 e. The quantitative estimate of drug-likeness (QED) is 0.750. The molecule has 94 valence electrons. The maximum absolute atomic E-state index is 12.0. The number of nitrogens with one attached hydrogen (secondary N) is 2. The molecule has 0 bridgehead atoms. The second-order valence-electron chi connectivity index (χ2n) is 4.43. The molecule has 0 fully saturated rings. The fourth-order valence-corrected chi connectivity index (χ4v) is 2.08. The van der Waals surface area contributed by atoms with Gasteiger partial charge >= 0.3 is 0 Å². The number of para-hydroxylation sites is 2. The van der Waals surface area contributed by atoms with Crippen molar-refractivity contribution < 1.29 is 0 Å². The molecule has 0 amide bonds. The van der Waals surface area contributed by atoms with Crippen molar-refractivity contribution in [2.24, 2.45) is 0 Å². The Morgan fingerprint density at radius 2 is 1.68 bits per heavy atom. The lowest BCUT2D eigenvalue weighted by Gasteiger charge is -2.06. The summed E-state index contributed by atoms with van der Waals surface area (Å²) >= 11 is 0. The number of hydrogen-bond acceptors (Lipinski definition) is 2. The highest BCUT2D eigenvalue weighted by Crippen LogP contribution is 2.11. The molecule has 0 aliphatic rings. The third kappa shape index (κ3) is 2.50. The summed E-state index contributed by atoms with van der Waals surface area (Å²) in [6.45, 7) is 0.518. The van der Waals surface area contributed by atoms with Crippen LogP contribution in [0.15, 0.2) is 65.5 Å². The minimum atomic E-state index is -0.0397. The first-order chi connectivity index (χ1) is 9.33. The summed E-state index contributed by atoms with van der Waals surface area (Å²) in [4.78, 5) is 14.9. The van der Waals surface area contributed by atoms with Crippen LogP contribution < -0.4 is 10.9 Å². The summed E-state index contributed by atoms with van der Waals surface area (Å²) in [7, 11) is 0. The number of rotatable bonds is 3. The van der Waals surface area contributed by atoms with Crippen molar-refractivity contribution in [2.75, 3.05) is 5.32 Å². The molecule has 2 aromatic carbocycles. The molecule has 0 aliphatic heterocycles. The highest BCUT2D eigenvalue weighted by molar-refractivity contribution is 5.78. The van der Waals surface area contributed by atoms with Gasteiger partial charge in [0.05, 0.1) is 0 Å². The number of pyridine rings is 1. The Hall–Kier alpha value is -2.55. The monoisotopic (exact) mass is 250 g/mol. The van der Waals surface area contributed by atoms with E-state index >= 15 is 0 Å². The van der Waals surface area contributed by atoms with Crippen molar-refractivity contribution in [1.29, 1.82) is 0 Å². The summed E-state index contributed by atoms with van der Waals surface area (Å²) in [6.07, 6.45) is 0. The first-order valence-corrected chi connectivity index (χ1v) is 6.23. The van der Waals surface area contributed by atoms with Crippen LogP contribution in [0.1, 0.15) is 5.56 Å². The fraction of sp³-hybridized carbons (Fsp3) is 0.0625. The van der Waals surface area contributed by atoms with Crippen LogP contribution >= 0.6 is 0 Å². The Balaban J connectivity index is 1.89. The van der Waals surface area contributed by atoms with Gasteiger partial charge < -0.3 is 10.3 Å². The van der Waals surface area contributed by atoms with Crippen molar-refractivity contribution >= 4 is 16.6 Å². The highest BCUT2D eigenvalue weighted by atomic mass is 16.1. The molecular weight excluding hydrogens is 236 g/mol. The average molecular weight is 250 g/mol. The second kappa shape index (κ2) is 4.98. The Morgan fingerprint density at radius 1 is 0.947 bits per heavy atom. The molecule has 1 heterocycles. The van der Waals surface area contributed by atoms with E-state index < -0.39 is 0 Å². The molecular formula is C16H14N2O. The molecule has 3 aromatic rings. The van der Waals surface area contributed by atoms with Crippen molar-refractivity contribution in [2.45, 2.75) is 6.54 Å². The molecule has 3 heteroatoms. The van der Waals surface area contributed by atoms with Gasteiger partial charge in [-0.1, -0.05) is 36.4 Å². The summed E-state index contributed by atoms with van der Waals surface area (Å²) in [5.74, 6) is 0. The van der Waals surface area contributed by atoms with Gasteiger partial charge in [0.1, 0.15) is 0 Å². The number of hydrogen-bond donors (Lipinski definition) is 2. The first-order valence-electron chi connectivity index (χ1n) is 6.23. The van der Waals surface area contributed by atoms with Crippen LogP contribution in [0, 0.1) is 0 Å². The van der Waals surface area contributed by atoms with Gasteiger partial charge in [-0.15, -0.1) is 0 Å². The van der Waals surface area contributed by atoms with Crippen molar-refractivity contribution in [3.63, 3.8) is 0 Å². The van der Waals surface area contributed by atoms with Gasteiger partial charge in [-0.25, -0.2) is 0 Å².